The van der Waals surface area contributed by atoms with E-state index in [0.29, 0.717) is 0 Å². The molecule has 2 aromatic heterocycles. The first-order chi connectivity index (χ1) is 7.86. The van der Waals surface area contributed by atoms with E-state index in [0.717, 1.165) is 25.3 Å². The molecule has 1 aliphatic heterocycles. The van der Waals surface area contributed by atoms with Gasteiger partial charge in [0.1, 0.15) is 11.8 Å². The molecule has 0 radical (unpaired) electrons. The minimum Gasteiger partial charge on any atom is -0.369 e. The SMILES string of the molecule is Cn1c(C2CNCCO2)cc2cccnc21. The van der Waals surface area contributed by atoms with Crippen LogP contribution in [-0.2, 0) is 11.8 Å². The van der Waals surface area contributed by atoms with Crippen molar-refractivity contribution in [1.82, 2.24) is 14.9 Å². The van der Waals surface area contributed by atoms with Gasteiger partial charge in [-0.1, -0.05) is 0 Å². The molecule has 4 nitrogen and oxygen atoms in total. The molecule has 84 valence electrons. The lowest BCUT2D eigenvalue weighted by Crippen LogP contribution is -2.34. The summed E-state index contributed by atoms with van der Waals surface area (Å²) < 4.78 is 7.88. The third-order valence-corrected chi connectivity index (χ3v) is 3.08. The van der Waals surface area contributed by atoms with E-state index in [2.05, 4.69) is 27.0 Å². The molecule has 0 aliphatic carbocycles. The maximum absolute atomic E-state index is 5.76. The number of hydrogen-bond acceptors (Lipinski definition) is 3. The first-order valence-corrected chi connectivity index (χ1v) is 5.59. The Morgan fingerprint density at radius 1 is 1.56 bits per heavy atom. The molecule has 0 bridgehead atoms. The summed E-state index contributed by atoms with van der Waals surface area (Å²) in [6.45, 7) is 2.60. The molecule has 2 aromatic rings. The summed E-state index contributed by atoms with van der Waals surface area (Å²) in [4.78, 5) is 4.38. The van der Waals surface area contributed by atoms with Crippen molar-refractivity contribution >= 4 is 11.0 Å². The van der Waals surface area contributed by atoms with Gasteiger partial charge in [0.05, 0.1) is 12.3 Å². The van der Waals surface area contributed by atoms with Crippen LogP contribution in [0.25, 0.3) is 11.0 Å². The number of aromatic nitrogens is 2. The minimum atomic E-state index is 0.146. The van der Waals surface area contributed by atoms with Gasteiger partial charge in [0, 0.05) is 31.7 Å². The maximum Gasteiger partial charge on any atom is 0.139 e. The van der Waals surface area contributed by atoms with Crippen molar-refractivity contribution in [3.8, 4) is 0 Å². The Morgan fingerprint density at radius 3 is 3.25 bits per heavy atom. The van der Waals surface area contributed by atoms with Crippen molar-refractivity contribution in [3.63, 3.8) is 0 Å². The average Bonchev–Trinajstić information content (AvgIpc) is 2.69. The third-order valence-electron chi connectivity index (χ3n) is 3.08. The standard InChI is InChI=1S/C12H15N3O/c1-15-10(11-8-13-5-6-16-11)7-9-3-2-4-14-12(9)15/h2-4,7,11,13H,5-6,8H2,1H3. The van der Waals surface area contributed by atoms with Crippen LogP contribution in [0.1, 0.15) is 11.8 Å². The van der Waals surface area contributed by atoms with E-state index < -0.39 is 0 Å². The highest BCUT2D eigenvalue weighted by Gasteiger charge is 2.19. The average molecular weight is 217 g/mol. The van der Waals surface area contributed by atoms with Gasteiger partial charge >= 0.3 is 0 Å². The van der Waals surface area contributed by atoms with Crippen LogP contribution < -0.4 is 5.32 Å². The van der Waals surface area contributed by atoms with Crippen molar-refractivity contribution in [2.75, 3.05) is 19.7 Å². The third kappa shape index (κ3) is 1.50. The van der Waals surface area contributed by atoms with E-state index >= 15 is 0 Å². The van der Waals surface area contributed by atoms with Gasteiger partial charge in [-0.05, 0) is 18.2 Å². The second kappa shape index (κ2) is 3.88. The highest BCUT2D eigenvalue weighted by Crippen LogP contribution is 2.24. The van der Waals surface area contributed by atoms with Gasteiger partial charge in [-0.3, -0.25) is 0 Å². The molecule has 1 atom stereocenters. The quantitative estimate of drug-likeness (QED) is 0.781. The lowest BCUT2D eigenvalue weighted by molar-refractivity contribution is 0.0235. The molecule has 4 heteroatoms. The Hall–Kier alpha value is -1.39. The Balaban J connectivity index is 2.05. The van der Waals surface area contributed by atoms with Crippen LogP contribution in [0.15, 0.2) is 24.4 Å². The molecule has 1 fully saturated rings. The summed E-state index contributed by atoms with van der Waals surface area (Å²) in [6.07, 6.45) is 1.97. The summed E-state index contributed by atoms with van der Waals surface area (Å²) in [5, 5.41) is 4.52. The van der Waals surface area contributed by atoms with Crippen molar-refractivity contribution in [1.29, 1.82) is 0 Å². The van der Waals surface area contributed by atoms with E-state index in [9.17, 15) is 0 Å². The molecular formula is C12H15N3O. The minimum absolute atomic E-state index is 0.146. The van der Waals surface area contributed by atoms with E-state index in [1.54, 1.807) is 0 Å². The topological polar surface area (TPSA) is 39.1 Å². The highest BCUT2D eigenvalue weighted by atomic mass is 16.5. The number of fused-ring (bicyclic) bond motifs is 1. The largest absolute Gasteiger partial charge is 0.369 e. The number of aryl methyl sites for hydroxylation is 1. The molecule has 0 amide bonds. The van der Waals surface area contributed by atoms with Crippen molar-refractivity contribution in [3.05, 3.63) is 30.1 Å². The number of nitrogens with zero attached hydrogens (tertiary/aromatic N) is 2. The van der Waals surface area contributed by atoms with E-state index in [1.807, 2.05) is 19.3 Å². The van der Waals surface area contributed by atoms with Crippen LogP contribution in [0, 0.1) is 0 Å². The number of nitrogens with one attached hydrogen (secondary N) is 1. The molecule has 0 aromatic carbocycles. The van der Waals surface area contributed by atoms with E-state index in [1.165, 1.54) is 11.1 Å². The fraction of sp³-hybridized carbons (Fsp3) is 0.417. The molecule has 16 heavy (non-hydrogen) atoms. The van der Waals surface area contributed by atoms with Gasteiger partial charge in [-0.2, -0.15) is 0 Å². The summed E-state index contributed by atoms with van der Waals surface area (Å²) in [6, 6.07) is 6.22. The Morgan fingerprint density at radius 2 is 2.50 bits per heavy atom. The van der Waals surface area contributed by atoms with Crippen LogP contribution in [0.5, 0.6) is 0 Å². The molecular weight excluding hydrogens is 202 g/mol. The van der Waals surface area contributed by atoms with Crippen LogP contribution in [0.3, 0.4) is 0 Å². The lowest BCUT2D eigenvalue weighted by atomic mass is 10.2. The predicted octanol–water partition coefficient (Wildman–Crippen LogP) is 1.23. The van der Waals surface area contributed by atoms with Crippen LogP contribution >= 0.6 is 0 Å². The fourth-order valence-electron chi connectivity index (χ4n) is 2.25. The van der Waals surface area contributed by atoms with Gasteiger partial charge in [0.2, 0.25) is 0 Å². The van der Waals surface area contributed by atoms with E-state index in [4.69, 9.17) is 4.74 Å². The highest BCUT2D eigenvalue weighted by molar-refractivity contribution is 5.77. The molecule has 3 rings (SSSR count). The Bertz CT molecular complexity index is 500. The first-order valence-electron chi connectivity index (χ1n) is 5.59. The zero-order chi connectivity index (χ0) is 11.0. The summed E-state index contributed by atoms with van der Waals surface area (Å²) in [5.74, 6) is 0. The second-order valence-electron chi connectivity index (χ2n) is 4.11. The number of morpholine rings is 1. The van der Waals surface area contributed by atoms with Crippen molar-refractivity contribution < 1.29 is 4.74 Å². The number of ether oxygens (including phenoxy) is 1. The van der Waals surface area contributed by atoms with Crippen LogP contribution in [0.4, 0.5) is 0 Å². The summed E-state index contributed by atoms with van der Waals surface area (Å²) in [7, 11) is 2.04. The van der Waals surface area contributed by atoms with Gasteiger partial charge < -0.3 is 14.6 Å². The smallest absolute Gasteiger partial charge is 0.139 e. The first kappa shape index (κ1) is 9.81. The Kier molecular flexibility index (Phi) is 2.38. The van der Waals surface area contributed by atoms with Crippen molar-refractivity contribution in [2.45, 2.75) is 6.10 Å². The number of rotatable bonds is 1. The van der Waals surface area contributed by atoms with Gasteiger partial charge in [0.25, 0.3) is 0 Å². The zero-order valence-corrected chi connectivity index (χ0v) is 9.31. The van der Waals surface area contributed by atoms with Crippen molar-refractivity contribution in [2.24, 2.45) is 7.05 Å². The normalized spacial score (nSPS) is 21.4. The summed E-state index contributed by atoms with van der Waals surface area (Å²) >= 11 is 0. The molecule has 0 saturated carbocycles. The summed E-state index contributed by atoms with van der Waals surface area (Å²) in [5.41, 5.74) is 2.22. The van der Waals surface area contributed by atoms with Gasteiger partial charge in [-0.15, -0.1) is 0 Å². The predicted molar refractivity (Wildman–Crippen MR) is 62.3 cm³/mol. The van der Waals surface area contributed by atoms with Crippen LogP contribution in [0.2, 0.25) is 0 Å². The molecule has 0 spiro atoms. The molecule has 3 heterocycles. The fourth-order valence-corrected chi connectivity index (χ4v) is 2.25. The number of pyridine rings is 1. The van der Waals surface area contributed by atoms with E-state index in [-0.39, 0.29) is 6.10 Å². The molecule has 1 aliphatic rings. The zero-order valence-electron chi connectivity index (χ0n) is 9.31. The Labute approximate surface area is 94.2 Å². The maximum atomic E-state index is 5.76. The lowest BCUT2D eigenvalue weighted by Gasteiger charge is -2.24. The molecule has 1 saturated heterocycles. The monoisotopic (exact) mass is 217 g/mol. The second-order valence-corrected chi connectivity index (χ2v) is 4.11. The molecule has 1 N–H and O–H groups in total. The van der Waals surface area contributed by atoms with Crippen LogP contribution in [-0.4, -0.2) is 29.2 Å². The van der Waals surface area contributed by atoms with Gasteiger partial charge in [-0.25, -0.2) is 4.98 Å². The number of hydrogen-bond donors (Lipinski definition) is 1. The molecule has 1 unspecified atom stereocenters. The van der Waals surface area contributed by atoms with Gasteiger partial charge in [0.15, 0.2) is 0 Å².